The van der Waals surface area contributed by atoms with Gasteiger partial charge in [-0.1, -0.05) is 24.6 Å². The van der Waals surface area contributed by atoms with Crippen LogP contribution in [-0.4, -0.2) is 25.1 Å². The highest BCUT2D eigenvalue weighted by atomic mass is 15.2. The highest BCUT2D eigenvalue weighted by Gasteiger charge is 2.20. The Bertz CT molecular complexity index is 455. The van der Waals surface area contributed by atoms with Crippen LogP contribution in [0, 0.1) is 11.8 Å². The van der Waals surface area contributed by atoms with Gasteiger partial charge in [0.1, 0.15) is 0 Å². The zero-order valence-corrected chi connectivity index (χ0v) is 13.9. The van der Waals surface area contributed by atoms with Crippen LogP contribution in [0.2, 0.25) is 0 Å². The molecule has 1 aromatic rings. The molecule has 1 saturated carbocycles. The molecule has 4 nitrogen and oxygen atoms in total. The van der Waals surface area contributed by atoms with E-state index in [2.05, 4.69) is 36.6 Å². The normalized spacial score (nSPS) is 22.6. The van der Waals surface area contributed by atoms with Crippen molar-refractivity contribution in [2.24, 2.45) is 22.6 Å². The topological polar surface area (TPSA) is 62.4 Å². The second kappa shape index (κ2) is 8.79. The molecule has 1 fully saturated rings. The summed E-state index contributed by atoms with van der Waals surface area (Å²) in [5.41, 5.74) is 6.90. The zero-order valence-electron chi connectivity index (χ0n) is 13.9. The molecular weight excluding hydrogens is 272 g/mol. The maximum absolute atomic E-state index is 5.83. The van der Waals surface area contributed by atoms with E-state index >= 15 is 0 Å². The van der Waals surface area contributed by atoms with E-state index in [1.54, 1.807) is 0 Å². The fraction of sp³-hybridized carbons (Fsp3) is 0.611. The third kappa shape index (κ3) is 5.68. The van der Waals surface area contributed by atoms with Crippen molar-refractivity contribution in [1.29, 1.82) is 0 Å². The number of aliphatic imine (C=N–C) groups is 1. The second-order valence-electron chi connectivity index (χ2n) is 6.61. The van der Waals surface area contributed by atoms with Crippen molar-refractivity contribution in [3.05, 3.63) is 30.3 Å². The SMILES string of the molecule is CC(C)NC(=NCC1CCCC(CN)C1)Nc1ccccc1. The van der Waals surface area contributed by atoms with Gasteiger partial charge in [-0.25, -0.2) is 0 Å². The van der Waals surface area contributed by atoms with Crippen molar-refractivity contribution in [1.82, 2.24) is 5.32 Å². The third-order valence-electron chi connectivity index (χ3n) is 4.19. The van der Waals surface area contributed by atoms with Crippen LogP contribution in [0.15, 0.2) is 35.3 Å². The maximum Gasteiger partial charge on any atom is 0.196 e. The smallest absolute Gasteiger partial charge is 0.196 e. The Morgan fingerprint density at radius 1 is 1.23 bits per heavy atom. The Balaban J connectivity index is 1.95. The number of nitrogens with two attached hydrogens (primary N) is 1. The van der Waals surface area contributed by atoms with Crippen LogP contribution in [0.1, 0.15) is 39.5 Å². The predicted octanol–water partition coefficient (Wildman–Crippen LogP) is 3.22. The Kier molecular flexibility index (Phi) is 6.72. The molecule has 0 amide bonds. The predicted molar refractivity (Wildman–Crippen MR) is 95.1 cm³/mol. The van der Waals surface area contributed by atoms with E-state index in [1.807, 2.05) is 18.2 Å². The van der Waals surface area contributed by atoms with Gasteiger partial charge in [0.2, 0.25) is 0 Å². The minimum Gasteiger partial charge on any atom is -0.354 e. The minimum absolute atomic E-state index is 0.359. The number of para-hydroxylation sites is 1. The first-order chi connectivity index (χ1) is 10.7. The highest BCUT2D eigenvalue weighted by Crippen LogP contribution is 2.28. The fourth-order valence-electron chi connectivity index (χ4n) is 3.06. The van der Waals surface area contributed by atoms with Crippen LogP contribution in [0.3, 0.4) is 0 Å². The Morgan fingerprint density at radius 2 is 1.95 bits per heavy atom. The van der Waals surface area contributed by atoms with Gasteiger partial charge in [-0.2, -0.15) is 0 Å². The summed E-state index contributed by atoms with van der Waals surface area (Å²) in [5.74, 6) is 2.23. The van der Waals surface area contributed by atoms with Gasteiger partial charge in [-0.3, -0.25) is 4.99 Å². The van der Waals surface area contributed by atoms with Gasteiger partial charge in [0.25, 0.3) is 0 Å². The van der Waals surface area contributed by atoms with Crippen molar-refractivity contribution in [2.45, 2.75) is 45.6 Å². The summed E-state index contributed by atoms with van der Waals surface area (Å²) in [6.07, 6.45) is 5.08. The van der Waals surface area contributed by atoms with Gasteiger partial charge in [0, 0.05) is 18.3 Å². The molecule has 4 N–H and O–H groups in total. The number of benzene rings is 1. The number of nitrogens with one attached hydrogen (secondary N) is 2. The molecule has 0 saturated heterocycles. The first-order valence-electron chi connectivity index (χ1n) is 8.50. The van der Waals surface area contributed by atoms with E-state index in [-0.39, 0.29) is 0 Å². The summed E-state index contributed by atoms with van der Waals surface area (Å²) >= 11 is 0. The molecule has 122 valence electrons. The summed E-state index contributed by atoms with van der Waals surface area (Å²) in [6.45, 7) is 5.96. The van der Waals surface area contributed by atoms with Gasteiger partial charge in [0.05, 0.1) is 0 Å². The number of hydrogen-bond donors (Lipinski definition) is 3. The van der Waals surface area contributed by atoms with E-state index in [1.165, 1.54) is 25.7 Å². The van der Waals surface area contributed by atoms with Gasteiger partial charge >= 0.3 is 0 Å². The molecule has 0 bridgehead atoms. The largest absolute Gasteiger partial charge is 0.354 e. The van der Waals surface area contributed by atoms with E-state index in [0.717, 1.165) is 24.7 Å². The molecule has 0 aliphatic heterocycles. The minimum atomic E-state index is 0.359. The summed E-state index contributed by atoms with van der Waals surface area (Å²) in [6, 6.07) is 10.6. The molecule has 0 heterocycles. The van der Waals surface area contributed by atoms with Crippen molar-refractivity contribution in [3.63, 3.8) is 0 Å². The molecular formula is C18H30N4. The van der Waals surface area contributed by atoms with Gasteiger partial charge in [-0.05, 0) is 63.6 Å². The number of nitrogens with zero attached hydrogens (tertiary/aromatic N) is 1. The molecule has 0 radical (unpaired) electrons. The monoisotopic (exact) mass is 302 g/mol. The Hall–Kier alpha value is -1.55. The number of anilines is 1. The lowest BCUT2D eigenvalue weighted by Gasteiger charge is -2.27. The van der Waals surface area contributed by atoms with Crippen molar-refractivity contribution in [3.8, 4) is 0 Å². The van der Waals surface area contributed by atoms with E-state index in [4.69, 9.17) is 10.7 Å². The molecule has 1 aromatic carbocycles. The summed E-state index contributed by atoms with van der Waals surface area (Å²) < 4.78 is 0. The van der Waals surface area contributed by atoms with Crippen LogP contribution in [-0.2, 0) is 0 Å². The Labute approximate surface area is 134 Å². The molecule has 2 rings (SSSR count). The lowest BCUT2D eigenvalue weighted by molar-refractivity contribution is 0.277. The van der Waals surface area contributed by atoms with Crippen molar-refractivity contribution in [2.75, 3.05) is 18.4 Å². The molecule has 0 spiro atoms. The summed E-state index contributed by atoms with van der Waals surface area (Å²) in [7, 11) is 0. The van der Waals surface area contributed by atoms with E-state index in [9.17, 15) is 0 Å². The molecule has 1 aliphatic rings. The number of guanidine groups is 1. The number of rotatable bonds is 5. The first kappa shape index (κ1) is 16.8. The zero-order chi connectivity index (χ0) is 15.8. The molecule has 0 aromatic heterocycles. The van der Waals surface area contributed by atoms with Crippen LogP contribution >= 0.6 is 0 Å². The van der Waals surface area contributed by atoms with E-state index < -0.39 is 0 Å². The molecule has 1 aliphatic carbocycles. The quantitative estimate of drug-likeness (QED) is 0.578. The van der Waals surface area contributed by atoms with Gasteiger partial charge in [-0.15, -0.1) is 0 Å². The molecule has 4 heteroatoms. The van der Waals surface area contributed by atoms with Crippen LogP contribution < -0.4 is 16.4 Å². The van der Waals surface area contributed by atoms with Crippen LogP contribution in [0.5, 0.6) is 0 Å². The third-order valence-corrected chi connectivity index (χ3v) is 4.19. The summed E-state index contributed by atoms with van der Waals surface area (Å²) in [5, 5.41) is 6.80. The van der Waals surface area contributed by atoms with Crippen LogP contribution in [0.4, 0.5) is 5.69 Å². The van der Waals surface area contributed by atoms with Crippen LogP contribution in [0.25, 0.3) is 0 Å². The first-order valence-corrected chi connectivity index (χ1v) is 8.50. The fourth-order valence-corrected chi connectivity index (χ4v) is 3.06. The standard InChI is InChI=1S/C18H30N4/c1-14(2)21-18(22-17-9-4-3-5-10-17)20-13-16-8-6-7-15(11-16)12-19/h3-5,9-10,14-16H,6-8,11-13,19H2,1-2H3,(H2,20,21,22). The Morgan fingerprint density at radius 3 is 2.64 bits per heavy atom. The van der Waals surface area contributed by atoms with E-state index in [0.29, 0.717) is 17.9 Å². The lowest BCUT2D eigenvalue weighted by atomic mass is 9.81. The summed E-state index contributed by atoms with van der Waals surface area (Å²) in [4.78, 5) is 4.81. The van der Waals surface area contributed by atoms with Crippen molar-refractivity contribution < 1.29 is 0 Å². The van der Waals surface area contributed by atoms with Gasteiger partial charge in [0.15, 0.2) is 5.96 Å². The lowest BCUT2D eigenvalue weighted by Crippen LogP contribution is -2.36. The highest BCUT2D eigenvalue weighted by molar-refractivity contribution is 5.93. The average molecular weight is 302 g/mol. The second-order valence-corrected chi connectivity index (χ2v) is 6.61. The average Bonchev–Trinajstić information content (AvgIpc) is 2.53. The molecule has 22 heavy (non-hydrogen) atoms. The van der Waals surface area contributed by atoms with Gasteiger partial charge < -0.3 is 16.4 Å². The molecule has 2 unspecified atom stereocenters. The maximum atomic E-state index is 5.83. The molecule has 2 atom stereocenters. The van der Waals surface area contributed by atoms with Crippen molar-refractivity contribution >= 4 is 11.6 Å². The number of hydrogen-bond acceptors (Lipinski definition) is 2.